The van der Waals surface area contributed by atoms with Crippen molar-refractivity contribution in [2.75, 3.05) is 7.05 Å². The van der Waals surface area contributed by atoms with Crippen LogP contribution in [0.2, 0.25) is 0 Å². The summed E-state index contributed by atoms with van der Waals surface area (Å²) in [4.78, 5) is 27.4. The van der Waals surface area contributed by atoms with Gasteiger partial charge < -0.3 is 10.2 Å². The normalized spacial score (nSPS) is 11.7. The third-order valence-electron chi connectivity index (χ3n) is 4.91. The smallest absolute Gasteiger partial charge is 0.242 e. The molecule has 0 aliphatic carbocycles. The number of likely N-dealkylation sites (N-methyl/N-ethyl adjacent to an activating group) is 1. The molecule has 0 aliphatic heterocycles. The van der Waals surface area contributed by atoms with Crippen molar-refractivity contribution in [3.05, 3.63) is 70.3 Å². The topological polar surface area (TPSA) is 49.4 Å². The van der Waals surface area contributed by atoms with Crippen molar-refractivity contribution < 1.29 is 9.59 Å². The molecule has 1 unspecified atom stereocenters. The van der Waals surface area contributed by atoms with Gasteiger partial charge in [-0.3, -0.25) is 9.59 Å². The van der Waals surface area contributed by atoms with Gasteiger partial charge in [0.05, 0.1) is 6.42 Å². The summed E-state index contributed by atoms with van der Waals surface area (Å²) in [6.45, 7) is 8.44. The minimum Gasteiger partial charge on any atom is -0.357 e. The fraction of sp³-hybridized carbons (Fsp3) is 0.391. The standard InChI is InChI=1S/C23H30N2O2/c1-6-21(23(27)24-5)25(15-19-9-7-8-16(2)12-19)22(26)14-20-13-17(3)10-11-18(20)4/h7-13,21H,6,14-15H2,1-5H3,(H,24,27). The average Bonchev–Trinajstić information content (AvgIpc) is 2.64. The zero-order valence-electron chi connectivity index (χ0n) is 17.0. The van der Waals surface area contributed by atoms with Crippen molar-refractivity contribution in [2.45, 2.75) is 53.1 Å². The molecule has 0 aliphatic rings. The second-order valence-electron chi connectivity index (χ2n) is 7.16. The molecule has 4 nitrogen and oxygen atoms in total. The van der Waals surface area contributed by atoms with Crippen molar-refractivity contribution >= 4 is 11.8 Å². The van der Waals surface area contributed by atoms with Crippen LogP contribution in [0.15, 0.2) is 42.5 Å². The first-order valence-corrected chi connectivity index (χ1v) is 9.48. The molecule has 144 valence electrons. The number of benzene rings is 2. The molecule has 27 heavy (non-hydrogen) atoms. The highest BCUT2D eigenvalue weighted by Crippen LogP contribution is 2.17. The second kappa shape index (κ2) is 9.36. The van der Waals surface area contributed by atoms with Gasteiger partial charge in [0.2, 0.25) is 11.8 Å². The number of rotatable bonds is 7. The summed E-state index contributed by atoms with van der Waals surface area (Å²) >= 11 is 0. The average molecular weight is 367 g/mol. The number of hydrogen-bond donors (Lipinski definition) is 1. The quantitative estimate of drug-likeness (QED) is 0.812. The van der Waals surface area contributed by atoms with Gasteiger partial charge in [-0.25, -0.2) is 0 Å². The van der Waals surface area contributed by atoms with Crippen LogP contribution >= 0.6 is 0 Å². The molecule has 2 aromatic rings. The van der Waals surface area contributed by atoms with Gasteiger partial charge in [-0.05, 0) is 43.9 Å². The van der Waals surface area contributed by atoms with E-state index in [1.54, 1.807) is 11.9 Å². The maximum Gasteiger partial charge on any atom is 0.242 e. The van der Waals surface area contributed by atoms with E-state index in [2.05, 4.69) is 17.4 Å². The largest absolute Gasteiger partial charge is 0.357 e. The van der Waals surface area contributed by atoms with E-state index in [4.69, 9.17) is 0 Å². The Kier molecular flexibility index (Phi) is 7.17. The van der Waals surface area contributed by atoms with Gasteiger partial charge in [0.1, 0.15) is 6.04 Å². The Balaban J connectivity index is 2.33. The predicted molar refractivity (Wildman–Crippen MR) is 109 cm³/mol. The van der Waals surface area contributed by atoms with Crippen LogP contribution in [0, 0.1) is 20.8 Å². The van der Waals surface area contributed by atoms with Gasteiger partial charge in [-0.2, -0.15) is 0 Å². The molecule has 2 amide bonds. The summed E-state index contributed by atoms with van der Waals surface area (Å²) in [5, 5.41) is 2.70. The van der Waals surface area contributed by atoms with Gasteiger partial charge in [0, 0.05) is 13.6 Å². The monoisotopic (exact) mass is 366 g/mol. The molecule has 0 fully saturated rings. The van der Waals surface area contributed by atoms with E-state index >= 15 is 0 Å². The van der Waals surface area contributed by atoms with Gasteiger partial charge in [-0.15, -0.1) is 0 Å². The molecule has 0 radical (unpaired) electrons. The first kappa shape index (κ1) is 20.7. The van der Waals surface area contributed by atoms with Crippen LogP contribution in [0.25, 0.3) is 0 Å². The number of aryl methyl sites for hydroxylation is 3. The van der Waals surface area contributed by atoms with Crippen LogP contribution < -0.4 is 5.32 Å². The van der Waals surface area contributed by atoms with Gasteiger partial charge in [0.25, 0.3) is 0 Å². The Bertz CT molecular complexity index is 814. The zero-order chi connectivity index (χ0) is 20.0. The lowest BCUT2D eigenvalue weighted by atomic mass is 10.0. The molecule has 0 saturated heterocycles. The van der Waals surface area contributed by atoms with Crippen molar-refractivity contribution in [1.29, 1.82) is 0 Å². The molecule has 0 aromatic heterocycles. The van der Waals surface area contributed by atoms with E-state index < -0.39 is 6.04 Å². The molecule has 2 rings (SSSR count). The first-order chi connectivity index (χ1) is 12.8. The lowest BCUT2D eigenvalue weighted by Gasteiger charge is -2.30. The molecular formula is C23H30N2O2. The fourth-order valence-corrected chi connectivity index (χ4v) is 3.35. The first-order valence-electron chi connectivity index (χ1n) is 9.48. The van der Waals surface area contributed by atoms with E-state index in [0.717, 1.165) is 27.8 Å². The summed E-state index contributed by atoms with van der Waals surface area (Å²) < 4.78 is 0. The lowest BCUT2D eigenvalue weighted by molar-refractivity contribution is -0.140. The number of amides is 2. The lowest BCUT2D eigenvalue weighted by Crippen LogP contribution is -2.48. The van der Waals surface area contributed by atoms with Crippen molar-refractivity contribution in [3.63, 3.8) is 0 Å². The predicted octanol–water partition coefficient (Wildman–Crippen LogP) is 3.71. The SMILES string of the molecule is CCC(C(=O)NC)N(Cc1cccc(C)c1)C(=O)Cc1cc(C)ccc1C. The summed E-state index contributed by atoms with van der Waals surface area (Å²) in [6.07, 6.45) is 0.872. The Hall–Kier alpha value is -2.62. The molecule has 0 bridgehead atoms. The summed E-state index contributed by atoms with van der Waals surface area (Å²) in [5.41, 5.74) is 5.42. The highest BCUT2D eigenvalue weighted by molar-refractivity contribution is 5.88. The van der Waals surface area contributed by atoms with E-state index in [0.29, 0.717) is 19.4 Å². The molecule has 1 N–H and O–H groups in total. The molecule has 4 heteroatoms. The molecular weight excluding hydrogens is 336 g/mol. The summed E-state index contributed by atoms with van der Waals surface area (Å²) in [6, 6.07) is 13.7. The minimum atomic E-state index is -0.479. The van der Waals surface area contributed by atoms with Crippen LogP contribution in [0.5, 0.6) is 0 Å². The maximum absolute atomic E-state index is 13.2. The second-order valence-corrected chi connectivity index (χ2v) is 7.16. The van der Waals surface area contributed by atoms with Crippen molar-refractivity contribution in [1.82, 2.24) is 10.2 Å². The van der Waals surface area contributed by atoms with Crippen LogP contribution in [0.1, 0.15) is 41.2 Å². The van der Waals surface area contributed by atoms with Crippen molar-refractivity contribution in [2.24, 2.45) is 0 Å². The molecule has 0 spiro atoms. The minimum absolute atomic E-state index is 0.0272. The molecule has 0 saturated carbocycles. The van der Waals surface area contributed by atoms with Crippen LogP contribution in [0.3, 0.4) is 0 Å². The highest BCUT2D eigenvalue weighted by atomic mass is 16.2. The highest BCUT2D eigenvalue weighted by Gasteiger charge is 2.28. The van der Waals surface area contributed by atoms with E-state index in [1.165, 1.54) is 0 Å². The van der Waals surface area contributed by atoms with Gasteiger partial charge >= 0.3 is 0 Å². The van der Waals surface area contributed by atoms with Crippen molar-refractivity contribution in [3.8, 4) is 0 Å². The Morgan fingerprint density at radius 3 is 2.37 bits per heavy atom. The van der Waals surface area contributed by atoms with Crippen LogP contribution in [-0.4, -0.2) is 29.8 Å². The number of carbonyl (C=O) groups is 2. The van der Waals surface area contributed by atoms with Gasteiger partial charge in [0.15, 0.2) is 0 Å². The Morgan fingerprint density at radius 1 is 1.04 bits per heavy atom. The Morgan fingerprint density at radius 2 is 1.74 bits per heavy atom. The van der Waals surface area contributed by atoms with E-state index in [9.17, 15) is 9.59 Å². The third-order valence-corrected chi connectivity index (χ3v) is 4.91. The number of nitrogens with zero attached hydrogens (tertiary/aromatic N) is 1. The number of nitrogens with one attached hydrogen (secondary N) is 1. The molecule has 0 heterocycles. The van der Waals surface area contributed by atoms with Crippen LogP contribution in [-0.2, 0) is 22.6 Å². The number of hydrogen-bond acceptors (Lipinski definition) is 2. The van der Waals surface area contributed by atoms with E-state index in [-0.39, 0.29) is 11.8 Å². The fourth-order valence-electron chi connectivity index (χ4n) is 3.35. The summed E-state index contributed by atoms with van der Waals surface area (Å²) in [7, 11) is 1.62. The van der Waals surface area contributed by atoms with Gasteiger partial charge in [-0.1, -0.05) is 60.5 Å². The Labute approximate surface area is 162 Å². The van der Waals surface area contributed by atoms with E-state index in [1.807, 2.05) is 58.0 Å². The van der Waals surface area contributed by atoms with Crippen LogP contribution in [0.4, 0.5) is 0 Å². The number of carbonyl (C=O) groups excluding carboxylic acids is 2. The maximum atomic E-state index is 13.2. The molecule has 2 aromatic carbocycles. The zero-order valence-corrected chi connectivity index (χ0v) is 17.0. The third kappa shape index (κ3) is 5.43. The summed E-state index contributed by atoms with van der Waals surface area (Å²) in [5.74, 6) is -0.153. The molecule has 1 atom stereocenters.